The van der Waals surface area contributed by atoms with Crippen molar-refractivity contribution in [2.24, 2.45) is 5.11 Å². The van der Waals surface area contributed by atoms with Crippen LogP contribution in [-0.4, -0.2) is 51.1 Å². The van der Waals surface area contributed by atoms with E-state index >= 15 is 0 Å². The maximum atomic E-state index is 11.8. The Morgan fingerprint density at radius 3 is 2.65 bits per heavy atom. The maximum Gasteiger partial charge on any atom is 0.252 e. The Labute approximate surface area is 117 Å². The normalized spacial score (nSPS) is 15.6. The molecule has 1 aliphatic rings. The third-order valence-electron chi connectivity index (χ3n) is 3.42. The van der Waals surface area contributed by atoms with Crippen molar-refractivity contribution in [3.63, 3.8) is 0 Å². The molecule has 1 heterocycles. The predicted octanol–water partition coefficient (Wildman–Crippen LogP) is 1.90. The summed E-state index contributed by atoms with van der Waals surface area (Å²) in [5.74, 6) is -0.208. The molecule has 1 aliphatic heterocycles. The van der Waals surface area contributed by atoms with E-state index < -0.39 is 5.91 Å². The zero-order valence-electron chi connectivity index (χ0n) is 11.6. The van der Waals surface area contributed by atoms with Gasteiger partial charge in [0.15, 0.2) is 0 Å². The predicted molar refractivity (Wildman–Crippen MR) is 76.2 cm³/mol. The van der Waals surface area contributed by atoms with E-state index in [2.05, 4.69) is 26.9 Å². The highest BCUT2D eigenvalue weighted by molar-refractivity contribution is 5.98. The first kappa shape index (κ1) is 14.2. The Morgan fingerprint density at radius 1 is 1.35 bits per heavy atom. The molecule has 0 unspecified atom stereocenters. The van der Waals surface area contributed by atoms with Crippen molar-refractivity contribution in [1.82, 2.24) is 4.90 Å². The van der Waals surface area contributed by atoms with Crippen LogP contribution in [0.1, 0.15) is 10.4 Å². The lowest BCUT2D eigenvalue weighted by atomic mass is 10.1. The molecule has 0 bridgehead atoms. The van der Waals surface area contributed by atoms with Crippen molar-refractivity contribution in [2.45, 2.75) is 0 Å². The average molecular weight is 275 g/mol. The first-order valence-corrected chi connectivity index (χ1v) is 6.36. The van der Waals surface area contributed by atoms with E-state index in [-0.39, 0.29) is 0 Å². The molecule has 0 N–H and O–H groups in total. The van der Waals surface area contributed by atoms with Crippen molar-refractivity contribution in [2.75, 3.05) is 45.2 Å². The van der Waals surface area contributed by atoms with Gasteiger partial charge in [0.05, 0.1) is 12.7 Å². The van der Waals surface area contributed by atoms with Crippen LogP contribution in [0, 0.1) is 0 Å². The van der Waals surface area contributed by atoms with Gasteiger partial charge in [0.2, 0.25) is 0 Å². The van der Waals surface area contributed by atoms with Crippen molar-refractivity contribution in [3.8, 4) is 5.75 Å². The fraction of sp³-hybridized carbons (Fsp3) is 0.462. The molecule has 1 fully saturated rings. The molecule has 0 radical (unpaired) electrons. The minimum absolute atomic E-state index is 0.293. The third-order valence-corrected chi connectivity index (χ3v) is 3.42. The van der Waals surface area contributed by atoms with Gasteiger partial charge in [-0.05, 0) is 35.9 Å². The second-order valence-corrected chi connectivity index (χ2v) is 4.67. The number of rotatable bonds is 3. The minimum atomic E-state index is -0.625. The summed E-state index contributed by atoms with van der Waals surface area (Å²) < 4.78 is 5.14. The number of amides is 1. The number of ether oxygens (including phenoxy) is 1. The number of nitrogens with zero attached hydrogens (tertiary/aromatic N) is 5. The SMILES string of the molecule is COc1ccc(N2CCN(C)CC2)cc1C(=O)N=[N+]=[N-]. The molecule has 1 aromatic carbocycles. The van der Waals surface area contributed by atoms with E-state index in [0.29, 0.717) is 11.3 Å². The van der Waals surface area contributed by atoms with Crippen LogP contribution in [0.5, 0.6) is 5.75 Å². The number of hydrogen-bond donors (Lipinski definition) is 0. The van der Waals surface area contributed by atoms with Gasteiger partial charge in [-0.1, -0.05) is 0 Å². The Hall–Kier alpha value is -2.24. The Kier molecular flexibility index (Phi) is 4.45. The molecule has 1 amide bonds. The fourth-order valence-corrected chi connectivity index (χ4v) is 2.22. The lowest BCUT2D eigenvalue weighted by Crippen LogP contribution is -2.44. The van der Waals surface area contributed by atoms with E-state index in [0.717, 1.165) is 31.9 Å². The topological polar surface area (TPSA) is 81.5 Å². The van der Waals surface area contributed by atoms with Crippen LogP contribution >= 0.6 is 0 Å². The van der Waals surface area contributed by atoms with Crippen LogP contribution < -0.4 is 9.64 Å². The first-order valence-electron chi connectivity index (χ1n) is 6.36. The third kappa shape index (κ3) is 3.01. The smallest absolute Gasteiger partial charge is 0.252 e. The average Bonchev–Trinajstić information content (AvgIpc) is 2.47. The van der Waals surface area contributed by atoms with Gasteiger partial charge in [-0.3, -0.25) is 4.79 Å². The second kappa shape index (κ2) is 6.27. The summed E-state index contributed by atoms with van der Waals surface area (Å²) in [4.78, 5) is 18.8. The minimum Gasteiger partial charge on any atom is -0.496 e. The summed E-state index contributed by atoms with van der Waals surface area (Å²) in [5.41, 5.74) is 9.62. The summed E-state index contributed by atoms with van der Waals surface area (Å²) >= 11 is 0. The number of methoxy groups -OCH3 is 1. The number of likely N-dealkylation sites (N-methyl/N-ethyl adjacent to an activating group) is 1. The highest BCUT2D eigenvalue weighted by atomic mass is 16.5. The van der Waals surface area contributed by atoms with E-state index in [9.17, 15) is 4.79 Å². The number of carbonyl (C=O) groups is 1. The molecule has 7 nitrogen and oxygen atoms in total. The second-order valence-electron chi connectivity index (χ2n) is 4.67. The standard InChI is InChI=1S/C13H17N5O2/c1-17-5-7-18(8-6-17)10-3-4-12(20-2)11(9-10)13(19)15-16-14/h3-4,9H,5-8H2,1-2H3. The van der Waals surface area contributed by atoms with Gasteiger partial charge in [-0.15, -0.1) is 0 Å². The summed E-state index contributed by atoms with van der Waals surface area (Å²) in [6.45, 7) is 3.76. The van der Waals surface area contributed by atoms with Gasteiger partial charge in [-0.25, -0.2) is 0 Å². The maximum absolute atomic E-state index is 11.8. The summed E-state index contributed by atoms with van der Waals surface area (Å²) in [6.07, 6.45) is 0. The van der Waals surface area contributed by atoms with Crippen LogP contribution in [0.3, 0.4) is 0 Å². The Balaban J connectivity index is 2.29. The molecule has 106 valence electrons. The summed E-state index contributed by atoms with van der Waals surface area (Å²) in [5, 5.41) is 3.14. The Morgan fingerprint density at radius 2 is 2.05 bits per heavy atom. The molecule has 20 heavy (non-hydrogen) atoms. The van der Waals surface area contributed by atoms with Crippen LogP contribution in [0.4, 0.5) is 5.69 Å². The van der Waals surface area contributed by atoms with Crippen LogP contribution in [0.15, 0.2) is 23.3 Å². The molecule has 7 heteroatoms. The van der Waals surface area contributed by atoms with E-state index in [1.54, 1.807) is 12.1 Å². The molecule has 0 aliphatic carbocycles. The number of benzene rings is 1. The van der Waals surface area contributed by atoms with Gasteiger partial charge in [0.25, 0.3) is 5.91 Å². The molecular weight excluding hydrogens is 258 g/mol. The van der Waals surface area contributed by atoms with Crippen molar-refractivity contribution in [3.05, 3.63) is 34.2 Å². The Bertz CT molecular complexity index is 546. The number of anilines is 1. The largest absolute Gasteiger partial charge is 0.496 e. The number of carbonyl (C=O) groups excluding carboxylic acids is 1. The van der Waals surface area contributed by atoms with Gasteiger partial charge < -0.3 is 14.5 Å². The van der Waals surface area contributed by atoms with E-state index in [4.69, 9.17) is 10.3 Å². The lowest BCUT2D eigenvalue weighted by molar-refractivity contribution is 0.0997. The number of piperazine rings is 1. The molecule has 1 saturated heterocycles. The molecule has 1 aromatic rings. The molecule has 0 spiro atoms. The summed E-state index contributed by atoms with van der Waals surface area (Å²) in [7, 11) is 3.57. The molecule has 0 saturated carbocycles. The molecule has 0 aromatic heterocycles. The van der Waals surface area contributed by atoms with Crippen LogP contribution in [0.25, 0.3) is 10.4 Å². The summed E-state index contributed by atoms with van der Waals surface area (Å²) in [6, 6.07) is 5.37. The zero-order valence-corrected chi connectivity index (χ0v) is 11.6. The molecule has 0 atom stereocenters. The van der Waals surface area contributed by atoms with E-state index in [1.165, 1.54) is 7.11 Å². The number of azide groups is 1. The quantitative estimate of drug-likeness (QED) is 0.479. The highest BCUT2D eigenvalue weighted by Gasteiger charge is 2.17. The van der Waals surface area contributed by atoms with Gasteiger partial charge in [0, 0.05) is 36.8 Å². The molecular formula is C13H17N5O2. The highest BCUT2D eigenvalue weighted by Crippen LogP contribution is 2.26. The van der Waals surface area contributed by atoms with Crippen molar-refractivity contribution < 1.29 is 9.53 Å². The fourth-order valence-electron chi connectivity index (χ4n) is 2.22. The van der Waals surface area contributed by atoms with Gasteiger partial charge >= 0.3 is 0 Å². The zero-order chi connectivity index (χ0) is 14.5. The molecule has 2 rings (SSSR count). The monoisotopic (exact) mass is 275 g/mol. The van der Waals surface area contributed by atoms with Crippen LogP contribution in [-0.2, 0) is 0 Å². The first-order chi connectivity index (χ1) is 9.65. The lowest BCUT2D eigenvalue weighted by Gasteiger charge is -2.34. The van der Waals surface area contributed by atoms with Crippen LogP contribution in [0.2, 0.25) is 0 Å². The van der Waals surface area contributed by atoms with E-state index in [1.807, 2.05) is 6.07 Å². The van der Waals surface area contributed by atoms with Gasteiger partial charge in [0.1, 0.15) is 5.75 Å². The van der Waals surface area contributed by atoms with Crippen molar-refractivity contribution >= 4 is 11.6 Å². The van der Waals surface area contributed by atoms with Crippen molar-refractivity contribution in [1.29, 1.82) is 0 Å². The van der Waals surface area contributed by atoms with Gasteiger partial charge in [-0.2, -0.15) is 0 Å². The number of hydrogen-bond acceptors (Lipinski definition) is 4.